The van der Waals surface area contributed by atoms with Crippen LogP contribution in [-0.2, 0) is 0 Å². The zero-order chi connectivity index (χ0) is 11.2. The van der Waals surface area contributed by atoms with E-state index in [-0.39, 0.29) is 0 Å². The maximum Gasteiger partial charge on any atom is 0.163 e. The van der Waals surface area contributed by atoms with E-state index in [9.17, 15) is 0 Å². The van der Waals surface area contributed by atoms with Gasteiger partial charge in [0.05, 0.1) is 16.6 Å². The maximum absolute atomic E-state index is 4.72. The quantitative estimate of drug-likeness (QED) is 0.427. The Hall–Kier alpha value is -2.56. The summed E-state index contributed by atoms with van der Waals surface area (Å²) in [7, 11) is 0. The van der Waals surface area contributed by atoms with Gasteiger partial charge in [-0.2, -0.15) is 0 Å². The standard InChI is InChI=1S/C12H6N4O/c1-2-4-8-7(3-1)13-9-5-6-10-12(11(9)14-8)16-17-15-10/h1-6H. The molecule has 0 unspecified atom stereocenters. The molecule has 0 fully saturated rings. The van der Waals surface area contributed by atoms with Crippen LogP contribution in [0.5, 0.6) is 0 Å². The summed E-state index contributed by atoms with van der Waals surface area (Å²) in [5, 5.41) is 7.66. The first-order valence-electron chi connectivity index (χ1n) is 5.19. The lowest BCUT2D eigenvalue weighted by Crippen LogP contribution is -1.88. The third kappa shape index (κ3) is 1.13. The average molecular weight is 222 g/mol. The van der Waals surface area contributed by atoms with E-state index in [1.807, 2.05) is 36.4 Å². The first-order chi connectivity index (χ1) is 8.42. The van der Waals surface area contributed by atoms with Crippen LogP contribution in [0.1, 0.15) is 0 Å². The Balaban J connectivity index is 2.29. The zero-order valence-corrected chi connectivity index (χ0v) is 8.66. The Morgan fingerprint density at radius 1 is 0.647 bits per heavy atom. The van der Waals surface area contributed by atoms with Gasteiger partial charge in [0.2, 0.25) is 0 Å². The van der Waals surface area contributed by atoms with Crippen molar-refractivity contribution in [3.63, 3.8) is 0 Å². The molecule has 5 nitrogen and oxygen atoms in total. The molecule has 0 radical (unpaired) electrons. The van der Waals surface area contributed by atoms with Gasteiger partial charge in [-0.1, -0.05) is 12.1 Å². The van der Waals surface area contributed by atoms with Gasteiger partial charge in [-0.15, -0.1) is 0 Å². The fraction of sp³-hybridized carbons (Fsp3) is 0. The normalized spacial score (nSPS) is 11.5. The lowest BCUT2D eigenvalue weighted by atomic mass is 10.2. The number of hydrogen-bond acceptors (Lipinski definition) is 5. The molecule has 0 N–H and O–H groups in total. The molecule has 0 bridgehead atoms. The maximum atomic E-state index is 4.72. The number of para-hydroxylation sites is 2. The van der Waals surface area contributed by atoms with Crippen LogP contribution < -0.4 is 0 Å². The van der Waals surface area contributed by atoms with Crippen LogP contribution in [0.4, 0.5) is 0 Å². The molecule has 2 aromatic carbocycles. The van der Waals surface area contributed by atoms with Crippen LogP contribution >= 0.6 is 0 Å². The second-order valence-corrected chi connectivity index (χ2v) is 3.78. The van der Waals surface area contributed by atoms with E-state index in [0.717, 1.165) is 22.1 Å². The van der Waals surface area contributed by atoms with E-state index in [2.05, 4.69) is 20.3 Å². The van der Waals surface area contributed by atoms with E-state index in [4.69, 9.17) is 4.63 Å². The minimum Gasteiger partial charge on any atom is -0.244 e. The van der Waals surface area contributed by atoms with Crippen LogP contribution in [0, 0.1) is 0 Å². The molecule has 80 valence electrons. The van der Waals surface area contributed by atoms with Crippen molar-refractivity contribution in [1.29, 1.82) is 0 Å². The van der Waals surface area contributed by atoms with Crippen LogP contribution in [0.3, 0.4) is 0 Å². The van der Waals surface area contributed by atoms with E-state index in [1.165, 1.54) is 0 Å². The van der Waals surface area contributed by atoms with Gasteiger partial charge in [-0.25, -0.2) is 14.6 Å². The van der Waals surface area contributed by atoms with Crippen LogP contribution in [0.2, 0.25) is 0 Å². The number of benzene rings is 2. The molecule has 0 saturated carbocycles. The van der Waals surface area contributed by atoms with E-state index < -0.39 is 0 Å². The molecule has 4 rings (SSSR count). The second kappa shape index (κ2) is 2.98. The van der Waals surface area contributed by atoms with Crippen molar-refractivity contribution < 1.29 is 4.63 Å². The van der Waals surface area contributed by atoms with Crippen molar-refractivity contribution in [2.45, 2.75) is 0 Å². The molecule has 5 heteroatoms. The average Bonchev–Trinajstić information content (AvgIpc) is 2.85. The fourth-order valence-corrected chi connectivity index (χ4v) is 1.93. The number of nitrogens with zero attached hydrogens (tertiary/aromatic N) is 4. The van der Waals surface area contributed by atoms with Gasteiger partial charge in [0.25, 0.3) is 0 Å². The van der Waals surface area contributed by atoms with Crippen molar-refractivity contribution >= 4 is 33.1 Å². The zero-order valence-electron chi connectivity index (χ0n) is 8.66. The Kier molecular flexibility index (Phi) is 1.50. The minimum atomic E-state index is 0.653. The highest BCUT2D eigenvalue weighted by atomic mass is 16.6. The Labute approximate surface area is 95.1 Å². The molecule has 2 heterocycles. The smallest absolute Gasteiger partial charge is 0.163 e. The number of hydrogen-bond donors (Lipinski definition) is 0. The highest BCUT2D eigenvalue weighted by Gasteiger charge is 2.09. The molecule has 0 aliphatic carbocycles. The molecule has 0 aliphatic rings. The summed E-state index contributed by atoms with van der Waals surface area (Å²) in [6, 6.07) is 11.4. The van der Waals surface area contributed by atoms with Crippen molar-refractivity contribution in [2.24, 2.45) is 0 Å². The third-order valence-corrected chi connectivity index (χ3v) is 2.73. The van der Waals surface area contributed by atoms with E-state index >= 15 is 0 Å². The molecular formula is C12H6N4O. The fourth-order valence-electron chi connectivity index (χ4n) is 1.93. The van der Waals surface area contributed by atoms with Gasteiger partial charge in [0, 0.05) is 0 Å². The molecule has 0 aliphatic heterocycles. The lowest BCUT2D eigenvalue weighted by molar-refractivity contribution is 0.315. The summed E-state index contributed by atoms with van der Waals surface area (Å²) in [6.45, 7) is 0. The molecule has 0 amide bonds. The SMILES string of the molecule is c1ccc2nc3c(ccc4nonc43)nc2c1. The summed E-state index contributed by atoms with van der Waals surface area (Å²) < 4.78 is 4.72. The highest BCUT2D eigenvalue weighted by molar-refractivity contribution is 6.01. The summed E-state index contributed by atoms with van der Waals surface area (Å²) >= 11 is 0. The van der Waals surface area contributed by atoms with Crippen molar-refractivity contribution in [2.75, 3.05) is 0 Å². The first-order valence-corrected chi connectivity index (χ1v) is 5.19. The summed E-state index contributed by atoms with van der Waals surface area (Å²) in [4.78, 5) is 9.09. The van der Waals surface area contributed by atoms with Crippen LogP contribution in [0.25, 0.3) is 33.1 Å². The van der Waals surface area contributed by atoms with Gasteiger partial charge in [-0.3, -0.25) is 0 Å². The molecule has 17 heavy (non-hydrogen) atoms. The molecule has 0 saturated heterocycles. The van der Waals surface area contributed by atoms with Crippen LogP contribution in [-0.4, -0.2) is 20.3 Å². The highest BCUT2D eigenvalue weighted by Crippen LogP contribution is 2.21. The van der Waals surface area contributed by atoms with E-state index in [0.29, 0.717) is 11.0 Å². The predicted octanol–water partition coefficient (Wildman–Crippen LogP) is 2.32. The molecular weight excluding hydrogens is 216 g/mol. The number of fused-ring (bicyclic) bond motifs is 4. The largest absolute Gasteiger partial charge is 0.244 e. The summed E-state index contributed by atoms with van der Waals surface area (Å²) in [5.74, 6) is 0. The Bertz CT molecular complexity index is 853. The molecule has 0 spiro atoms. The third-order valence-electron chi connectivity index (χ3n) is 2.73. The van der Waals surface area contributed by atoms with Gasteiger partial charge in [0.1, 0.15) is 11.0 Å². The van der Waals surface area contributed by atoms with Gasteiger partial charge in [-0.05, 0) is 34.6 Å². The van der Waals surface area contributed by atoms with Gasteiger partial charge >= 0.3 is 0 Å². The number of aromatic nitrogens is 4. The Morgan fingerprint density at radius 3 is 2.29 bits per heavy atom. The van der Waals surface area contributed by atoms with Crippen molar-refractivity contribution in [3.8, 4) is 0 Å². The van der Waals surface area contributed by atoms with E-state index in [1.54, 1.807) is 0 Å². The lowest BCUT2D eigenvalue weighted by Gasteiger charge is -1.99. The topological polar surface area (TPSA) is 64.7 Å². The molecule has 4 aromatic rings. The molecule has 2 aromatic heterocycles. The van der Waals surface area contributed by atoms with Crippen molar-refractivity contribution in [1.82, 2.24) is 20.3 Å². The number of rotatable bonds is 0. The summed E-state index contributed by atoms with van der Waals surface area (Å²) in [6.07, 6.45) is 0. The van der Waals surface area contributed by atoms with Crippen molar-refractivity contribution in [3.05, 3.63) is 36.4 Å². The van der Waals surface area contributed by atoms with Gasteiger partial charge in [0.15, 0.2) is 5.52 Å². The Morgan fingerprint density at radius 2 is 1.41 bits per heavy atom. The second-order valence-electron chi connectivity index (χ2n) is 3.78. The van der Waals surface area contributed by atoms with Gasteiger partial charge < -0.3 is 0 Å². The predicted molar refractivity (Wildman–Crippen MR) is 62.4 cm³/mol. The summed E-state index contributed by atoms with van der Waals surface area (Å²) in [5.41, 5.74) is 4.59. The first kappa shape index (κ1) is 8.58. The monoisotopic (exact) mass is 222 g/mol. The van der Waals surface area contributed by atoms with Crippen LogP contribution in [0.15, 0.2) is 41.0 Å². The minimum absolute atomic E-state index is 0.653. The molecule has 0 atom stereocenters.